The van der Waals surface area contributed by atoms with E-state index in [0.29, 0.717) is 12.1 Å². The Balaban J connectivity index is 2.22. The third kappa shape index (κ3) is 5.69. The van der Waals surface area contributed by atoms with Gasteiger partial charge in [-0.1, -0.05) is 18.9 Å². The molecule has 17 heavy (non-hydrogen) atoms. The van der Waals surface area contributed by atoms with Crippen molar-refractivity contribution < 1.29 is 4.74 Å². The van der Waals surface area contributed by atoms with Crippen LogP contribution in [0.2, 0.25) is 0 Å². The Morgan fingerprint density at radius 1 is 1.35 bits per heavy atom. The summed E-state index contributed by atoms with van der Waals surface area (Å²) in [7, 11) is 2.07. The summed E-state index contributed by atoms with van der Waals surface area (Å²) in [4.78, 5) is 0. The minimum absolute atomic E-state index is 0.449. The van der Waals surface area contributed by atoms with Gasteiger partial charge in [0.1, 0.15) is 0 Å². The number of rotatable bonds is 11. The van der Waals surface area contributed by atoms with E-state index in [0.717, 1.165) is 18.9 Å². The van der Waals surface area contributed by atoms with E-state index in [9.17, 15) is 0 Å². The number of unbranched alkanes of at least 4 members (excludes halogenated alkanes) is 3. The van der Waals surface area contributed by atoms with Gasteiger partial charge in [-0.15, -0.1) is 6.58 Å². The van der Waals surface area contributed by atoms with Crippen molar-refractivity contribution in [1.82, 2.24) is 5.32 Å². The molecule has 0 spiro atoms. The lowest BCUT2D eigenvalue weighted by Gasteiger charge is -2.26. The fourth-order valence-electron chi connectivity index (χ4n) is 2.50. The summed E-state index contributed by atoms with van der Waals surface area (Å²) in [6.07, 6.45) is 11.5. The van der Waals surface area contributed by atoms with Crippen molar-refractivity contribution >= 4 is 0 Å². The first kappa shape index (κ1) is 14.7. The SMILES string of the molecule is C=CCCCCCC(NC)C(OCC)C1CC1. The minimum Gasteiger partial charge on any atom is -0.377 e. The molecule has 2 unspecified atom stereocenters. The molecule has 0 aliphatic heterocycles. The Morgan fingerprint density at radius 3 is 2.65 bits per heavy atom. The van der Waals surface area contributed by atoms with E-state index in [1.54, 1.807) is 0 Å². The standard InChI is InChI=1S/C15H29NO/c1-4-6-7-8-9-10-14(16-3)15(17-5-2)13-11-12-13/h4,13-16H,1,5-12H2,2-3H3. The summed E-state index contributed by atoms with van der Waals surface area (Å²) in [5.41, 5.74) is 0. The fraction of sp³-hybridized carbons (Fsp3) is 0.867. The van der Waals surface area contributed by atoms with Crippen molar-refractivity contribution in [2.75, 3.05) is 13.7 Å². The van der Waals surface area contributed by atoms with Gasteiger partial charge in [-0.3, -0.25) is 0 Å². The molecule has 2 atom stereocenters. The molecule has 0 amide bonds. The molecule has 1 aliphatic carbocycles. The average molecular weight is 239 g/mol. The maximum absolute atomic E-state index is 5.92. The zero-order chi connectivity index (χ0) is 12.5. The highest BCUT2D eigenvalue weighted by Gasteiger charge is 2.36. The summed E-state index contributed by atoms with van der Waals surface area (Å²) in [6.45, 7) is 6.71. The fourth-order valence-corrected chi connectivity index (χ4v) is 2.50. The highest BCUT2D eigenvalue weighted by atomic mass is 16.5. The van der Waals surface area contributed by atoms with Crippen LogP contribution in [0.3, 0.4) is 0 Å². The molecule has 1 aliphatic rings. The normalized spacial score (nSPS) is 18.9. The quantitative estimate of drug-likeness (QED) is 0.440. The second-order valence-corrected chi connectivity index (χ2v) is 5.08. The van der Waals surface area contributed by atoms with Crippen LogP contribution in [0.25, 0.3) is 0 Å². The molecule has 1 rings (SSSR count). The molecule has 1 fully saturated rings. The summed E-state index contributed by atoms with van der Waals surface area (Å²) in [5.74, 6) is 0.820. The van der Waals surface area contributed by atoms with E-state index in [4.69, 9.17) is 4.74 Å². The number of hydrogen-bond donors (Lipinski definition) is 1. The number of likely N-dealkylation sites (N-methyl/N-ethyl adjacent to an activating group) is 1. The average Bonchev–Trinajstić information content (AvgIpc) is 3.16. The number of nitrogens with one attached hydrogen (secondary N) is 1. The van der Waals surface area contributed by atoms with Crippen molar-refractivity contribution in [2.45, 2.75) is 64.0 Å². The molecule has 2 nitrogen and oxygen atoms in total. The lowest BCUT2D eigenvalue weighted by molar-refractivity contribution is 0.0183. The van der Waals surface area contributed by atoms with Crippen molar-refractivity contribution in [3.05, 3.63) is 12.7 Å². The van der Waals surface area contributed by atoms with Crippen LogP contribution in [0.1, 0.15) is 51.9 Å². The van der Waals surface area contributed by atoms with E-state index in [-0.39, 0.29) is 0 Å². The van der Waals surface area contributed by atoms with E-state index in [2.05, 4.69) is 25.9 Å². The zero-order valence-electron chi connectivity index (χ0n) is 11.6. The molecule has 0 bridgehead atoms. The van der Waals surface area contributed by atoms with Crippen molar-refractivity contribution in [1.29, 1.82) is 0 Å². The molecule has 0 aromatic carbocycles. The van der Waals surface area contributed by atoms with Gasteiger partial charge in [0.2, 0.25) is 0 Å². The first-order valence-electron chi connectivity index (χ1n) is 7.23. The molecule has 2 heteroatoms. The maximum Gasteiger partial charge on any atom is 0.0755 e. The summed E-state index contributed by atoms with van der Waals surface area (Å²) >= 11 is 0. The Labute approximate surface area is 107 Å². The summed E-state index contributed by atoms with van der Waals surface area (Å²) in [5, 5.41) is 3.45. The number of allylic oxidation sites excluding steroid dienone is 1. The van der Waals surface area contributed by atoms with E-state index < -0.39 is 0 Å². The van der Waals surface area contributed by atoms with Gasteiger partial charge >= 0.3 is 0 Å². The monoisotopic (exact) mass is 239 g/mol. The molecule has 0 radical (unpaired) electrons. The first-order valence-corrected chi connectivity index (χ1v) is 7.23. The highest BCUT2D eigenvalue weighted by Crippen LogP contribution is 2.36. The lowest BCUT2D eigenvalue weighted by Crippen LogP contribution is -2.40. The van der Waals surface area contributed by atoms with Gasteiger partial charge < -0.3 is 10.1 Å². The zero-order valence-corrected chi connectivity index (χ0v) is 11.6. The first-order chi connectivity index (χ1) is 8.33. The van der Waals surface area contributed by atoms with Gasteiger partial charge in [0.05, 0.1) is 6.10 Å². The molecular weight excluding hydrogens is 210 g/mol. The van der Waals surface area contributed by atoms with Gasteiger partial charge in [-0.25, -0.2) is 0 Å². The van der Waals surface area contributed by atoms with E-state index >= 15 is 0 Å². The van der Waals surface area contributed by atoms with Crippen LogP contribution in [0.5, 0.6) is 0 Å². The number of hydrogen-bond acceptors (Lipinski definition) is 2. The highest BCUT2D eigenvalue weighted by molar-refractivity contribution is 4.89. The second kappa shape index (κ2) is 8.71. The Hall–Kier alpha value is -0.340. The summed E-state index contributed by atoms with van der Waals surface area (Å²) < 4.78 is 5.92. The van der Waals surface area contributed by atoms with Crippen LogP contribution in [0.15, 0.2) is 12.7 Å². The molecule has 0 heterocycles. The lowest BCUT2D eigenvalue weighted by atomic mass is 9.99. The molecule has 0 aromatic rings. The summed E-state index contributed by atoms with van der Waals surface area (Å²) in [6, 6.07) is 0.547. The van der Waals surface area contributed by atoms with Crippen LogP contribution in [-0.4, -0.2) is 25.8 Å². The molecule has 0 aromatic heterocycles. The van der Waals surface area contributed by atoms with E-state index in [1.165, 1.54) is 38.5 Å². The molecule has 1 saturated carbocycles. The van der Waals surface area contributed by atoms with Crippen LogP contribution in [-0.2, 0) is 4.74 Å². The smallest absolute Gasteiger partial charge is 0.0755 e. The Morgan fingerprint density at radius 2 is 2.12 bits per heavy atom. The Kier molecular flexibility index (Phi) is 7.54. The Bertz CT molecular complexity index is 201. The van der Waals surface area contributed by atoms with Crippen molar-refractivity contribution in [2.24, 2.45) is 5.92 Å². The molecule has 1 N–H and O–H groups in total. The van der Waals surface area contributed by atoms with Gasteiger partial charge in [0, 0.05) is 12.6 Å². The third-order valence-corrected chi connectivity index (χ3v) is 3.64. The molecule has 100 valence electrons. The molecule has 0 saturated heterocycles. The van der Waals surface area contributed by atoms with E-state index in [1.807, 2.05) is 6.08 Å². The van der Waals surface area contributed by atoms with Crippen LogP contribution < -0.4 is 5.32 Å². The largest absolute Gasteiger partial charge is 0.377 e. The third-order valence-electron chi connectivity index (χ3n) is 3.64. The minimum atomic E-state index is 0.449. The predicted octanol–water partition coefficient (Wildman–Crippen LogP) is 3.53. The molecular formula is C15H29NO. The maximum atomic E-state index is 5.92. The number of ether oxygens (including phenoxy) is 1. The van der Waals surface area contributed by atoms with Gasteiger partial charge in [-0.05, 0) is 52.0 Å². The predicted molar refractivity (Wildman–Crippen MR) is 74.3 cm³/mol. The second-order valence-electron chi connectivity index (χ2n) is 5.08. The van der Waals surface area contributed by atoms with Gasteiger partial charge in [0.25, 0.3) is 0 Å². The van der Waals surface area contributed by atoms with Crippen molar-refractivity contribution in [3.63, 3.8) is 0 Å². The van der Waals surface area contributed by atoms with Crippen molar-refractivity contribution in [3.8, 4) is 0 Å². The van der Waals surface area contributed by atoms with Crippen LogP contribution in [0.4, 0.5) is 0 Å². The van der Waals surface area contributed by atoms with Gasteiger partial charge in [-0.2, -0.15) is 0 Å². The van der Waals surface area contributed by atoms with Gasteiger partial charge in [0.15, 0.2) is 0 Å². The van der Waals surface area contributed by atoms with Crippen LogP contribution in [0, 0.1) is 5.92 Å². The van der Waals surface area contributed by atoms with Crippen LogP contribution >= 0.6 is 0 Å². The topological polar surface area (TPSA) is 21.3 Å².